The van der Waals surface area contributed by atoms with Crippen LogP contribution >= 0.6 is 31.9 Å². The molecule has 0 fully saturated rings. The van der Waals surface area contributed by atoms with Crippen molar-refractivity contribution in [3.63, 3.8) is 0 Å². The minimum absolute atomic E-state index is 0.444. The topological polar surface area (TPSA) is 35.2 Å². The average Bonchev–Trinajstić information content (AvgIpc) is 2.08. The van der Waals surface area contributed by atoms with Crippen molar-refractivity contribution in [3.8, 4) is 0 Å². The highest BCUT2D eigenvalue weighted by Crippen LogP contribution is 2.18. The van der Waals surface area contributed by atoms with Crippen LogP contribution in [0.3, 0.4) is 0 Å². The van der Waals surface area contributed by atoms with Crippen molar-refractivity contribution in [2.45, 2.75) is 6.61 Å². The van der Waals surface area contributed by atoms with Crippen LogP contribution in [0.25, 0.3) is 6.08 Å². The van der Waals surface area contributed by atoms with E-state index in [2.05, 4.69) is 36.7 Å². The Morgan fingerprint density at radius 1 is 1.31 bits per heavy atom. The standard InChI is InChI=1S/C9H9Br2NO/c10-9(11)5-7-1-3-8(4-2-7)6-13-12/h1-5H,6,12H2. The summed E-state index contributed by atoms with van der Waals surface area (Å²) in [5.41, 5.74) is 2.18. The molecule has 0 aromatic heterocycles. The summed E-state index contributed by atoms with van der Waals surface area (Å²) < 4.78 is 0.919. The molecule has 0 aliphatic rings. The van der Waals surface area contributed by atoms with Crippen molar-refractivity contribution in [2.75, 3.05) is 0 Å². The summed E-state index contributed by atoms with van der Waals surface area (Å²) in [5, 5.41) is 0. The molecule has 0 unspecified atom stereocenters. The van der Waals surface area contributed by atoms with Crippen molar-refractivity contribution < 1.29 is 4.84 Å². The third kappa shape index (κ3) is 4.04. The molecule has 0 aliphatic carbocycles. The first-order valence-corrected chi connectivity index (χ1v) is 5.24. The fraction of sp³-hybridized carbons (Fsp3) is 0.111. The van der Waals surface area contributed by atoms with Gasteiger partial charge in [0.1, 0.15) is 0 Å². The normalized spacial score (nSPS) is 9.77. The number of rotatable bonds is 3. The van der Waals surface area contributed by atoms with Crippen molar-refractivity contribution >= 4 is 37.9 Å². The lowest BCUT2D eigenvalue weighted by Gasteiger charge is -1.99. The first kappa shape index (κ1) is 10.9. The molecule has 1 aromatic carbocycles. The zero-order chi connectivity index (χ0) is 9.68. The zero-order valence-corrected chi connectivity index (χ0v) is 10.0. The Kier molecular flexibility index (Phi) is 4.66. The summed E-state index contributed by atoms with van der Waals surface area (Å²) in [6, 6.07) is 7.94. The Balaban J connectivity index is 2.75. The van der Waals surface area contributed by atoms with Gasteiger partial charge in [-0.15, -0.1) is 0 Å². The van der Waals surface area contributed by atoms with E-state index in [0.29, 0.717) is 6.61 Å². The molecule has 0 atom stereocenters. The largest absolute Gasteiger partial charge is 0.300 e. The molecule has 2 N–H and O–H groups in total. The van der Waals surface area contributed by atoms with Crippen LogP contribution in [0.2, 0.25) is 0 Å². The van der Waals surface area contributed by atoms with Gasteiger partial charge in [-0.3, -0.25) is 4.84 Å². The molecule has 2 nitrogen and oxygen atoms in total. The summed E-state index contributed by atoms with van der Waals surface area (Å²) in [7, 11) is 0. The first-order valence-electron chi connectivity index (χ1n) is 3.65. The molecule has 0 aliphatic heterocycles. The molecular formula is C9H9Br2NO. The number of hydrogen-bond donors (Lipinski definition) is 1. The van der Waals surface area contributed by atoms with Crippen LogP contribution in [0.4, 0.5) is 0 Å². The molecule has 1 aromatic rings. The molecule has 1 rings (SSSR count). The lowest BCUT2D eigenvalue weighted by molar-refractivity contribution is 0.124. The number of hydrogen-bond acceptors (Lipinski definition) is 2. The first-order chi connectivity index (χ1) is 6.22. The second kappa shape index (κ2) is 5.54. The Hall–Kier alpha value is -0.160. The van der Waals surface area contributed by atoms with Gasteiger partial charge in [0, 0.05) is 0 Å². The highest BCUT2D eigenvalue weighted by molar-refractivity contribution is 9.28. The maximum Gasteiger partial charge on any atom is 0.0930 e. The molecule has 70 valence electrons. The molecule has 0 saturated heterocycles. The number of halogens is 2. The number of nitrogens with two attached hydrogens (primary N) is 1. The quantitative estimate of drug-likeness (QED) is 0.871. The van der Waals surface area contributed by atoms with E-state index in [-0.39, 0.29) is 0 Å². The molecule has 0 heterocycles. The maximum absolute atomic E-state index is 4.95. The zero-order valence-electron chi connectivity index (χ0n) is 6.84. The predicted molar refractivity (Wildman–Crippen MR) is 61.2 cm³/mol. The monoisotopic (exact) mass is 305 g/mol. The van der Waals surface area contributed by atoms with E-state index < -0.39 is 0 Å². The Labute approximate surface area is 94.0 Å². The lowest BCUT2D eigenvalue weighted by Crippen LogP contribution is -1.98. The molecule has 0 radical (unpaired) electrons. The Bertz CT molecular complexity index is 291. The Morgan fingerprint density at radius 3 is 2.38 bits per heavy atom. The smallest absolute Gasteiger partial charge is 0.0930 e. The molecular weight excluding hydrogens is 298 g/mol. The van der Waals surface area contributed by atoms with Gasteiger partial charge in [-0.25, -0.2) is 5.90 Å². The average molecular weight is 307 g/mol. The van der Waals surface area contributed by atoms with Gasteiger partial charge < -0.3 is 0 Å². The van der Waals surface area contributed by atoms with Gasteiger partial charge in [0.05, 0.1) is 10.00 Å². The van der Waals surface area contributed by atoms with E-state index in [0.717, 1.165) is 14.5 Å². The summed E-state index contributed by atoms with van der Waals surface area (Å²) in [4.78, 5) is 4.51. The maximum atomic E-state index is 4.95. The van der Waals surface area contributed by atoms with E-state index in [9.17, 15) is 0 Å². The van der Waals surface area contributed by atoms with E-state index in [1.54, 1.807) is 0 Å². The summed E-state index contributed by atoms with van der Waals surface area (Å²) in [6.07, 6.45) is 1.97. The molecule has 0 spiro atoms. The van der Waals surface area contributed by atoms with Gasteiger partial charge in [-0.2, -0.15) is 0 Å². The van der Waals surface area contributed by atoms with Gasteiger partial charge in [0.15, 0.2) is 0 Å². The van der Waals surface area contributed by atoms with Crippen LogP contribution < -0.4 is 5.90 Å². The third-order valence-electron chi connectivity index (χ3n) is 1.51. The van der Waals surface area contributed by atoms with E-state index >= 15 is 0 Å². The fourth-order valence-corrected chi connectivity index (χ4v) is 1.46. The summed E-state index contributed by atoms with van der Waals surface area (Å²) in [5.74, 6) is 4.95. The summed E-state index contributed by atoms with van der Waals surface area (Å²) >= 11 is 6.59. The Morgan fingerprint density at radius 2 is 1.92 bits per heavy atom. The SMILES string of the molecule is NOCc1ccc(C=C(Br)Br)cc1. The van der Waals surface area contributed by atoms with Crippen molar-refractivity contribution in [3.05, 3.63) is 38.8 Å². The fourth-order valence-electron chi connectivity index (χ4n) is 0.932. The second-order valence-electron chi connectivity index (χ2n) is 2.49. The van der Waals surface area contributed by atoms with Crippen LogP contribution in [0.1, 0.15) is 11.1 Å². The minimum atomic E-state index is 0.444. The lowest BCUT2D eigenvalue weighted by atomic mass is 10.1. The van der Waals surface area contributed by atoms with Crippen molar-refractivity contribution in [2.24, 2.45) is 5.90 Å². The van der Waals surface area contributed by atoms with Gasteiger partial charge in [-0.1, -0.05) is 24.3 Å². The molecule has 0 amide bonds. The van der Waals surface area contributed by atoms with E-state index in [4.69, 9.17) is 5.90 Å². The van der Waals surface area contributed by atoms with Gasteiger partial charge >= 0.3 is 0 Å². The minimum Gasteiger partial charge on any atom is -0.300 e. The van der Waals surface area contributed by atoms with Gasteiger partial charge in [-0.05, 0) is 49.1 Å². The van der Waals surface area contributed by atoms with Crippen LogP contribution in [0, 0.1) is 0 Å². The van der Waals surface area contributed by atoms with Gasteiger partial charge in [0.25, 0.3) is 0 Å². The molecule has 0 saturated carbocycles. The van der Waals surface area contributed by atoms with Crippen LogP contribution in [0.5, 0.6) is 0 Å². The van der Waals surface area contributed by atoms with Crippen molar-refractivity contribution in [1.82, 2.24) is 0 Å². The molecule has 13 heavy (non-hydrogen) atoms. The summed E-state index contributed by atoms with van der Waals surface area (Å²) in [6.45, 7) is 0.444. The van der Waals surface area contributed by atoms with E-state index in [1.165, 1.54) is 0 Å². The second-order valence-corrected chi connectivity index (χ2v) is 5.26. The highest BCUT2D eigenvalue weighted by Gasteiger charge is 1.92. The van der Waals surface area contributed by atoms with Crippen molar-refractivity contribution in [1.29, 1.82) is 0 Å². The predicted octanol–water partition coefficient (Wildman–Crippen LogP) is 3.17. The van der Waals surface area contributed by atoms with E-state index in [1.807, 2.05) is 30.3 Å². The third-order valence-corrected chi connectivity index (χ3v) is 1.96. The molecule has 0 bridgehead atoms. The highest BCUT2D eigenvalue weighted by atomic mass is 79.9. The molecule has 4 heteroatoms. The van der Waals surface area contributed by atoms with Crippen LogP contribution in [-0.4, -0.2) is 0 Å². The van der Waals surface area contributed by atoms with Gasteiger partial charge in [0.2, 0.25) is 0 Å². The van der Waals surface area contributed by atoms with Crippen LogP contribution in [-0.2, 0) is 11.4 Å². The number of benzene rings is 1. The van der Waals surface area contributed by atoms with Crippen LogP contribution in [0.15, 0.2) is 27.7 Å².